The van der Waals surface area contributed by atoms with Crippen LogP contribution < -0.4 is 14.8 Å². The highest BCUT2D eigenvalue weighted by Gasteiger charge is 2.13. The minimum atomic E-state index is -0.925. The summed E-state index contributed by atoms with van der Waals surface area (Å²) in [6.45, 7) is 4.10. The van der Waals surface area contributed by atoms with Crippen molar-refractivity contribution in [2.75, 3.05) is 6.61 Å². The lowest BCUT2D eigenvalue weighted by Crippen LogP contribution is -2.13. The van der Waals surface area contributed by atoms with Gasteiger partial charge in [0.05, 0.1) is 16.6 Å². The van der Waals surface area contributed by atoms with Crippen LogP contribution in [0.5, 0.6) is 11.5 Å². The second-order valence-electron chi connectivity index (χ2n) is 6.86. The zero-order chi connectivity index (χ0) is 22.2. The van der Waals surface area contributed by atoms with E-state index >= 15 is 0 Å². The van der Waals surface area contributed by atoms with Crippen LogP contribution in [0.4, 0.5) is 0 Å². The molecule has 0 saturated heterocycles. The molecule has 0 amide bonds. The number of hydrogen-bond donors (Lipinski definition) is 2. The lowest BCUT2D eigenvalue weighted by atomic mass is 10.1. The smallest absolute Gasteiger partial charge is 0.335 e. The summed E-state index contributed by atoms with van der Waals surface area (Å²) < 4.78 is 12.6. The first kappa shape index (κ1) is 26.0. The summed E-state index contributed by atoms with van der Waals surface area (Å²) in [5.74, 6) is 0.407. The quantitative estimate of drug-likeness (QED) is 0.307. The van der Waals surface area contributed by atoms with Crippen LogP contribution in [0.1, 0.15) is 34.0 Å². The van der Waals surface area contributed by atoms with Gasteiger partial charge in [-0.15, -0.1) is 12.4 Å². The Morgan fingerprint density at radius 3 is 2.22 bits per heavy atom. The van der Waals surface area contributed by atoms with Gasteiger partial charge in [-0.05, 0) is 75.9 Å². The fraction of sp³-hybridized carbons (Fsp3) is 0.208. The highest BCUT2D eigenvalue weighted by molar-refractivity contribution is 9.10. The maximum absolute atomic E-state index is 10.9. The minimum absolute atomic E-state index is 0. The van der Waals surface area contributed by atoms with E-state index in [4.69, 9.17) is 26.2 Å². The third kappa shape index (κ3) is 7.41. The van der Waals surface area contributed by atoms with Crippen molar-refractivity contribution in [2.24, 2.45) is 0 Å². The van der Waals surface area contributed by atoms with Crippen LogP contribution in [-0.2, 0) is 19.7 Å². The number of hydrogen-bond acceptors (Lipinski definition) is 4. The molecule has 0 atom stereocenters. The molecule has 0 fully saturated rings. The molecule has 2 N–H and O–H groups in total. The number of rotatable bonds is 10. The highest BCUT2D eigenvalue weighted by Crippen LogP contribution is 2.37. The van der Waals surface area contributed by atoms with E-state index in [0.717, 1.165) is 21.2 Å². The van der Waals surface area contributed by atoms with E-state index < -0.39 is 5.97 Å². The summed E-state index contributed by atoms with van der Waals surface area (Å²) in [5, 5.41) is 13.0. The molecule has 8 heteroatoms. The van der Waals surface area contributed by atoms with Crippen molar-refractivity contribution in [3.05, 3.63) is 92.4 Å². The van der Waals surface area contributed by atoms with E-state index in [1.807, 2.05) is 55.5 Å². The molecule has 0 bridgehead atoms. The summed E-state index contributed by atoms with van der Waals surface area (Å²) >= 11 is 9.54. The molecule has 0 aromatic heterocycles. The summed E-state index contributed by atoms with van der Waals surface area (Å²) in [6.07, 6.45) is 0. The van der Waals surface area contributed by atoms with Gasteiger partial charge in [0.2, 0.25) is 0 Å². The standard InChI is InChI=1S/C24H23BrClNO4.ClH/c1-2-30-22-12-18(14-27-13-16-3-7-19(8-4-16)24(28)29)11-21(25)23(22)31-15-17-5-9-20(26)10-6-17;/h3-12,27H,2,13-15H2,1H3,(H,28,29);1H. The fourth-order valence-corrected chi connectivity index (χ4v) is 3.71. The van der Waals surface area contributed by atoms with Gasteiger partial charge in [0, 0.05) is 18.1 Å². The highest BCUT2D eigenvalue weighted by atomic mass is 79.9. The van der Waals surface area contributed by atoms with Gasteiger partial charge in [-0.2, -0.15) is 0 Å². The lowest BCUT2D eigenvalue weighted by Gasteiger charge is -2.16. The normalized spacial score (nSPS) is 10.3. The number of carboxylic acid groups (broad SMARTS) is 1. The maximum atomic E-state index is 10.9. The monoisotopic (exact) mass is 539 g/mol. The van der Waals surface area contributed by atoms with Crippen LogP contribution in [0, 0.1) is 0 Å². The molecule has 0 unspecified atom stereocenters. The molecule has 0 saturated carbocycles. The van der Waals surface area contributed by atoms with E-state index in [-0.39, 0.29) is 18.0 Å². The average molecular weight is 541 g/mol. The van der Waals surface area contributed by atoms with E-state index in [9.17, 15) is 4.79 Å². The number of nitrogens with one attached hydrogen (secondary N) is 1. The second kappa shape index (κ2) is 12.7. The molecule has 0 radical (unpaired) electrons. The number of aromatic carboxylic acids is 1. The van der Waals surface area contributed by atoms with Gasteiger partial charge in [-0.3, -0.25) is 0 Å². The van der Waals surface area contributed by atoms with Gasteiger partial charge in [0.25, 0.3) is 0 Å². The molecular weight excluding hydrogens is 517 g/mol. The summed E-state index contributed by atoms with van der Waals surface area (Å²) in [5.41, 5.74) is 3.34. The van der Waals surface area contributed by atoms with E-state index in [1.165, 1.54) is 0 Å². The number of benzene rings is 3. The van der Waals surface area contributed by atoms with Crippen LogP contribution in [0.15, 0.2) is 65.1 Å². The van der Waals surface area contributed by atoms with Gasteiger partial charge in [-0.1, -0.05) is 35.9 Å². The predicted molar refractivity (Wildman–Crippen MR) is 132 cm³/mol. The third-order valence-electron chi connectivity index (χ3n) is 4.52. The van der Waals surface area contributed by atoms with Gasteiger partial charge < -0.3 is 19.9 Å². The van der Waals surface area contributed by atoms with Crippen molar-refractivity contribution in [3.8, 4) is 11.5 Å². The molecule has 5 nitrogen and oxygen atoms in total. The van der Waals surface area contributed by atoms with Gasteiger partial charge in [0.15, 0.2) is 11.5 Å². The third-order valence-corrected chi connectivity index (χ3v) is 5.37. The molecule has 3 aromatic rings. The molecule has 3 rings (SSSR count). The molecule has 0 spiro atoms. The average Bonchev–Trinajstić information content (AvgIpc) is 2.75. The van der Waals surface area contributed by atoms with Crippen molar-refractivity contribution in [1.29, 1.82) is 0 Å². The Labute approximate surface area is 207 Å². The summed E-state index contributed by atoms with van der Waals surface area (Å²) in [4.78, 5) is 10.9. The van der Waals surface area contributed by atoms with Crippen molar-refractivity contribution >= 4 is 45.9 Å². The number of ether oxygens (including phenoxy) is 2. The van der Waals surface area contributed by atoms with E-state index in [2.05, 4.69) is 21.2 Å². The molecule has 170 valence electrons. The first-order valence-corrected chi connectivity index (χ1v) is 11.0. The largest absolute Gasteiger partial charge is 0.490 e. The van der Waals surface area contributed by atoms with Gasteiger partial charge >= 0.3 is 5.97 Å². The molecule has 0 aliphatic rings. The number of carboxylic acids is 1. The SMILES string of the molecule is CCOc1cc(CNCc2ccc(C(=O)O)cc2)cc(Br)c1OCc1ccc(Cl)cc1.Cl. The van der Waals surface area contributed by atoms with Crippen molar-refractivity contribution in [1.82, 2.24) is 5.32 Å². The Balaban J connectivity index is 0.00000363. The Hall–Kier alpha value is -2.25. The van der Waals surface area contributed by atoms with Crippen molar-refractivity contribution in [3.63, 3.8) is 0 Å². The van der Waals surface area contributed by atoms with Crippen LogP contribution in [0.3, 0.4) is 0 Å². The predicted octanol–water partition coefficient (Wildman–Crippen LogP) is 6.49. The van der Waals surface area contributed by atoms with Crippen LogP contribution in [0.25, 0.3) is 0 Å². The maximum Gasteiger partial charge on any atom is 0.335 e. The molecule has 0 aliphatic heterocycles. The number of carbonyl (C=O) groups is 1. The Kier molecular flexibility index (Phi) is 10.3. The Morgan fingerprint density at radius 1 is 0.969 bits per heavy atom. The zero-order valence-electron chi connectivity index (χ0n) is 17.4. The van der Waals surface area contributed by atoms with Crippen molar-refractivity contribution in [2.45, 2.75) is 26.6 Å². The Morgan fingerprint density at radius 2 is 1.59 bits per heavy atom. The summed E-state index contributed by atoms with van der Waals surface area (Å²) in [6, 6.07) is 18.3. The van der Waals surface area contributed by atoms with E-state index in [1.54, 1.807) is 12.1 Å². The first-order valence-electron chi connectivity index (χ1n) is 9.81. The second-order valence-corrected chi connectivity index (χ2v) is 8.15. The molecule has 32 heavy (non-hydrogen) atoms. The first-order chi connectivity index (χ1) is 15.0. The summed E-state index contributed by atoms with van der Waals surface area (Å²) in [7, 11) is 0. The van der Waals surface area contributed by atoms with E-state index in [0.29, 0.717) is 42.8 Å². The lowest BCUT2D eigenvalue weighted by molar-refractivity contribution is 0.0697. The molecular formula is C24H24BrCl2NO4. The fourth-order valence-electron chi connectivity index (χ4n) is 2.98. The van der Waals surface area contributed by atoms with Gasteiger partial charge in [-0.25, -0.2) is 4.79 Å². The van der Waals surface area contributed by atoms with Gasteiger partial charge in [0.1, 0.15) is 6.61 Å². The zero-order valence-corrected chi connectivity index (χ0v) is 20.6. The van der Waals surface area contributed by atoms with Crippen LogP contribution in [0.2, 0.25) is 5.02 Å². The molecule has 0 aliphatic carbocycles. The topological polar surface area (TPSA) is 67.8 Å². The Bertz CT molecular complexity index is 1030. The van der Waals surface area contributed by atoms with Crippen LogP contribution >= 0.6 is 39.9 Å². The number of halogens is 3. The molecule has 0 heterocycles. The minimum Gasteiger partial charge on any atom is -0.490 e. The van der Waals surface area contributed by atoms with Crippen LogP contribution in [-0.4, -0.2) is 17.7 Å². The molecule has 3 aromatic carbocycles. The van der Waals surface area contributed by atoms with Crippen molar-refractivity contribution < 1.29 is 19.4 Å².